The maximum atomic E-state index is 12.9. The SMILES string of the molecule is CON=C1CCC(C(C#N)S(=O)(=O)CCC(F)(F)C(F)(F)F)CC1. The highest BCUT2D eigenvalue weighted by Gasteiger charge is 2.57. The molecule has 5 nitrogen and oxygen atoms in total. The number of sulfone groups is 1. The van der Waals surface area contributed by atoms with E-state index in [0.29, 0.717) is 18.6 Å². The number of nitrogens with zero attached hydrogens (tertiary/aromatic N) is 2. The maximum absolute atomic E-state index is 12.9. The van der Waals surface area contributed by atoms with Gasteiger partial charge in [-0.1, -0.05) is 5.16 Å². The van der Waals surface area contributed by atoms with Gasteiger partial charge in [0.2, 0.25) is 0 Å². The van der Waals surface area contributed by atoms with Gasteiger partial charge in [-0.2, -0.15) is 27.2 Å². The van der Waals surface area contributed by atoms with Gasteiger partial charge in [0.05, 0.1) is 17.5 Å². The van der Waals surface area contributed by atoms with E-state index in [0.717, 1.165) is 0 Å². The predicted molar refractivity (Wildman–Crippen MR) is 75.2 cm³/mol. The molecular weight excluding hydrogens is 359 g/mol. The molecule has 0 heterocycles. The van der Waals surface area contributed by atoms with Crippen molar-refractivity contribution in [2.75, 3.05) is 12.9 Å². The molecule has 1 rings (SSSR count). The van der Waals surface area contributed by atoms with Crippen LogP contribution in [-0.2, 0) is 14.7 Å². The first-order valence-electron chi connectivity index (χ1n) is 7.09. The summed E-state index contributed by atoms with van der Waals surface area (Å²) in [5, 5.41) is 11.2. The Labute approximate surface area is 136 Å². The molecule has 24 heavy (non-hydrogen) atoms. The molecule has 0 amide bonds. The highest BCUT2D eigenvalue weighted by atomic mass is 32.2. The average Bonchev–Trinajstić information content (AvgIpc) is 2.47. The van der Waals surface area contributed by atoms with E-state index in [9.17, 15) is 30.4 Å². The Bertz CT molecular complexity index is 600. The second-order valence-corrected chi connectivity index (χ2v) is 7.79. The number of hydrogen-bond donors (Lipinski definition) is 0. The lowest BCUT2D eigenvalue weighted by Gasteiger charge is -2.27. The second kappa shape index (κ2) is 7.63. The molecule has 0 aromatic rings. The maximum Gasteiger partial charge on any atom is 0.453 e. The molecule has 1 fully saturated rings. The Kier molecular flexibility index (Phi) is 6.55. The average molecular weight is 376 g/mol. The van der Waals surface area contributed by atoms with Crippen LogP contribution in [0.3, 0.4) is 0 Å². The van der Waals surface area contributed by atoms with Crippen LogP contribution in [-0.4, -0.2) is 44.3 Å². The largest absolute Gasteiger partial charge is 0.453 e. The highest BCUT2D eigenvalue weighted by Crippen LogP contribution is 2.39. The summed E-state index contributed by atoms with van der Waals surface area (Å²) in [5.74, 6) is -7.13. The summed E-state index contributed by atoms with van der Waals surface area (Å²) in [6.07, 6.45) is -6.40. The molecule has 0 spiro atoms. The number of halogens is 5. The summed E-state index contributed by atoms with van der Waals surface area (Å²) in [6, 6.07) is 1.55. The highest BCUT2D eigenvalue weighted by molar-refractivity contribution is 7.92. The lowest BCUT2D eigenvalue weighted by Crippen LogP contribution is -2.40. The van der Waals surface area contributed by atoms with E-state index >= 15 is 0 Å². The zero-order valence-corrected chi connectivity index (χ0v) is 13.6. The van der Waals surface area contributed by atoms with Crippen LogP contribution >= 0.6 is 0 Å². The van der Waals surface area contributed by atoms with Crippen LogP contribution in [0, 0.1) is 17.2 Å². The minimum atomic E-state index is -5.82. The summed E-state index contributed by atoms with van der Waals surface area (Å²) in [7, 11) is -3.06. The number of oxime groups is 1. The molecule has 138 valence electrons. The Morgan fingerprint density at radius 2 is 1.83 bits per heavy atom. The Hall–Kier alpha value is -1.44. The zero-order chi connectivity index (χ0) is 18.6. The molecule has 0 aliphatic heterocycles. The number of alkyl halides is 5. The third-order valence-electron chi connectivity index (χ3n) is 3.89. The van der Waals surface area contributed by atoms with Gasteiger partial charge < -0.3 is 4.84 Å². The van der Waals surface area contributed by atoms with Crippen molar-refractivity contribution in [1.29, 1.82) is 5.26 Å². The quantitative estimate of drug-likeness (QED) is 0.527. The summed E-state index contributed by atoms with van der Waals surface area (Å²) in [4.78, 5) is 4.59. The molecule has 1 aliphatic rings. The predicted octanol–water partition coefficient (Wildman–Crippen LogP) is 3.07. The van der Waals surface area contributed by atoms with E-state index in [1.54, 1.807) is 6.07 Å². The fourth-order valence-electron chi connectivity index (χ4n) is 2.51. The Morgan fingerprint density at radius 3 is 2.25 bits per heavy atom. The van der Waals surface area contributed by atoms with Crippen LogP contribution in [0.2, 0.25) is 0 Å². The lowest BCUT2D eigenvalue weighted by molar-refractivity contribution is -0.282. The smallest absolute Gasteiger partial charge is 0.399 e. The molecule has 0 N–H and O–H groups in total. The van der Waals surface area contributed by atoms with Crippen molar-refractivity contribution in [3.8, 4) is 6.07 Å². The summed E-state index contributed by atoms with van der Waals surface area (Å²) in [6.45, 7) is 0. The summed E-state index contributed by atoms with van der Waals surface area (Å²) in [5.41, 5.74) is 0.687. The molecule has 1 saturated carbocycles. The van der Waals surface area contributed by atoms with Gasteiger partial charge in [0.25, 0.3) is 0 Å². The van der Waals surface area contributed by atoms with Crippen LogP contribution < -0.4 is 0 Å². The van der Waals surface area contributed by atoms with Crippen molar-refractivity contribution in [3.63, 3.8) is 0 Å². The van der Waals surface area contributed by atoms with Gasteiger partial charge in [0, 0.05) is 6.42 Å². The minimum absolute atomic E-state index is 0.273. The number of nitriles is 1. The molecule has 0 saturated heterocycles. The van der Waals surface area contributed by atoms with Gasteiger partial charge in [-0.25, -0.2) is 8.42 Å². The van der Waals surface area contributed by atoms with Gasteiger partial charge in [-0.05, 0) is 31.6 Å². The molecule has 0 bridgehead atoms. The van der Waals surface area contributed by atoms with E-state index < -0.39 is 45.3 Å². The van der Waals surface area contributed by atoms with E-state index in [2.05, 4.69) is 9.99 Å². The topological polar surface area (TPSA) is 79.5 Å². The standard InChI is InChI=1S/C13H17F5N2O3S/c1-23-20-10-4-2-9(3-5-10)11(8-19)24(21,22)7-6-12(14,15)13(16,17)18/h9,11H,2-7H2,1H3. The molecular formula is C13H17F5N2O3S. The zero-order valence-electron chi connectivity index (χ0n) is 12.8. The Balaban J connectivity index is 2.78. The van der Waals surface area contributed by atoms with Crippen molar-refractivity contribution < 1.29 is 35.2 Å². The fraction of sp³-hybridized carbons (Fsp3) is 0.846. The molecule has 0 aromatic carbocycles. The third-order valence-corrected chi connectivity index (χ3v) is 5.92. The first kappa shape index (κ1) is 20.6. The van der Waals surface area contributed by atoms with Gasteiger partial charge in [-0.15, -0.1) is 0 Å². The van der Waals surface area contributed by atoms with E-state index in [-0.39, 0.29) is 12.8 Å². The monoisotopic (exact) mass is 376 g/mol. The minimum Gasteiger partial charge on any atom is -0.399 e. The van der Waals surface area contributed by atoms with Gasteiger partial charge in [-0.3, -0.25) is 0 Å². The van der Waals surface area contributed by atoms with E-state index in [1.807, 2.05) is 0 Å². The molecule has 11 heteroatoms. The van der Waals surface area contributed by atoms with Crippen LogP contribution in [0.25, 0.3) is 0 Å². The Morgan fingerprint density at radius 1 is 1.29 bits per heavy atom. The van der Waals surface area contributed by atoms with Gasteiger partial charge in [0.1, 0.15) is 7.11 Å². The molecule has 0 radical (unpaired) electrons. The first-order valence-corrected chi connectivity index (χ1v) is 8.81. The van der Waals surface area contributed by atoms with Crippen molar-refractivity contribution in [2.45, 2.75) is 49.5 Å². The lowest BCUT2D eigenvalue weighted by atomic mass is 9.86. The summed E-state index contributed by atoms with van der Waals surface area (Å²) < 4.78 is 86.3. The molecule has 1 atom stereocenters. The molecule has 0 aromatic heterocycles. The molecule has 1 aliphatic carbocycles. The van der Waals surface area contributed by atoms with E-state index in [4.69, 9.17) is 5.26 Å². The van der Waals surface area contributed by atoms with Gasteiger partial charge in [0.15, 0.2) is 15.1 Å². The van der Waals surface area contributed by atoms with Crippen LogP contribution in [0.5, 0.6) is 0 Å². The van der Waals surface area contributed by atoms with Crippen LogP contribution in [0.15, 0.2) is 5.16 Å². The van der Waals surface area contributed by atoms with Crippen molar-refractivity contribution >= 4 is 15.5 Å². The van der Waals surface area contributed by atoms with Gasteiger partial charge >= 0.3 is 12.1 Å². The molecule has 1 unspecified atom stereocenters. The number of rotatable bonds is 6. The van der Waals surface area contributed by atoms with Crippen molar-refractivity contribution in [2.24, 2.45) is 11.1 Å². The second-order valence-electron chi connectivity index (χ2n) is 5.55. The third kappa shape index (κ3) is 5.03. The van der Waals surface area contributed by atoms with Crippen LogP contribution in [0.1, 0.15) is 32.1 Å². The first-order chi connectivity index (χ1) is 10.9. The van der Waals surface area contributed by atoms with Crippen molar-refractivity contribution in [3.05, 3.63) is 0 Å². The fourth-order valence-corrected chi connectivity index (χ4v) is 4.33. The van der Waals surface area contributed by atoms with E-state index in [1.165, 1.54) is 7.11 Å². The van der Waals surface area contributed by atoms with Crippen molar-refractivity contribution in [1.82, 2.24) is 0 Å². The normalized spacial score (nSPS) is 21.0. The summed E-state index contributed by atoms with van der Waals surface area (Å²) >= 11 is 0. The number of hydrogen-bond acceptors (Lipinski definition) is 5. The van der Waals surface area contributed by atoms with Crippen LogP contribution in [0.4, 0.5) is 22.0 Å².